The molecular formula is C18H29NO5. The molecule has 1 spiro atoms. The van der Waals surface area contributed by atoms with Gasteiger partial charge in [-0.25, -0.2) is 0 Å². The molecule has 0 amide bonds. The molecule has 2 heterocycles. The molecule has 2 saturated heterocycles. The highest BCUT2D eigenvalue weighted by molar-refractivity contribution is 5.71. The summed E-state index contributed by atoms with van der Waals surface area (Å²) in [5, 5.41) is 0. The first-order valence-electron chi connectivity index (χ1n) is 8.74. The summed E-state index contributed by atoms with van der Waals surface area (Å²) >= 11 is 0. The Morgan fingerprint density at radius 3 is 2.67 bits per heavy atom. The van der Waals surface area contributed by atoms with Crippen LogP contribution in [0.25, 0.3) is 0 Å². The van der Waals surface area contributed by atoms with Gasteiger partial charge in [0.05, 0.1) is 25.2 Å². The van der Waals surface area contributed by atoms with Crippen molar-refractivity contribution in [2.45, 2.75) is 69.5 Å². The molecule has 2 aliphatic heterocycles. The minimum absolute atomic E-state index is 0.0508. The van der Waals surface area contributed by atoms with Crippen molar-refractivity contribution in [3.63, 3.8) is 0 Å². The summed E-state index contributed by atoms with van der Waals surface area (Å²) in [6.45, 7) is 6.92. The van der Waals surface area contributed by atoms with Crippen LogP contribution in [0.4, 0.5) is 0 Å². The van der Waals surface area contributed by atoms with Gasteiger partial charge in [0, 0.05) is 7.11 Å². The average molecular weight is 339 g/mol. The van der Waals surface area contributed by atoms with Crippen LogP contribution in [0.2, 0.25) is 0 Å². The van der Waals surface area contributed by atoms with E-state index in [0.29, 0.717) is 0 Å². The molecule has 2 unspecified atom stereocenters. The standard InChI is InChI=1S/C18H29NO5/c1-11(2)5-6-13-17(3,24-13)16-15(21-4)12(23-14(20)9-19)7-8-18(16)10-22-18/h5,12-13,15-16H,6-10,19H2,1-4H3/t12-,13?,15-,16-,17?,18+/m1/s1. The van der Waals surface area contributed by atoms with Crippen LogP contribution < -0.4 is 5.73 Å². The highest BCUT2D eigenvalue weighted by Crippen LogP contribution is 2.59. The number of carbonyl (C=O) groups excluding carboxylic acids is 1. The van der Waals surface area contributed by atoms with E-state index in [9.17, 15) is 4.79 Å². The van der Waals surface area contributed by atoms with E-state index in [1.807, 2.05) is 0 Å². The van der Waals surface area contributed by atoms with Gasteiger partial charge in [0.25, 0.3) is 0 Å². The zero-order chi connectivity index (χ0) is 17.5. The normalized spacial score (nSPS) is 43.4. The predicted molar refractivity (Wildman–Crippen MR) is 88.5 cm³/mol. The molecule has 6 atom stereocenters. The molecule has 3 fully saturated rings. The highest BCUT2D eigenvalue weighted by Gasteiger charge is 2.72. The van der Waals surface area contributed by atoms with Crippen molar-refractivity contribution in [3.8, 4) is 0 Å². The third kappa shape index (κ3) is 3.12. The van der Waals surface area contributed by atoms with Crippen LogP contribution in [-0.2, 0) is 23.7 Å². The third-order valence-electron chi connectivity index (χ3n) is 5.69. The van der Waals surface area contributed by atoms with Crippen LogP contribution in [0, 0.1) is 5.92 Å². The number of carbonyl (C=O) groups is 1. The fourth-order valence-corrected chi connectivity index (χ4v) is 4.29. The lowest BCUT2D eigenvalue weighted by atomic mass is 9.68. The van der Waals surface area contributed by atoms with Crippen LogP contribution in [0.5, 0.6) is 0 Å². The minimum Gasteiger partial charge on any atom is -0.459 e. The van der Waals surface area contributed by atoms with Gasteiger partial charge >= 0.3 is 5.97 Å². The van der Waals surface area contributed by atoms with E-state index < -0.39 is 5.97 Å². The van der Waals surface area contributed by atoms with Crippen molar-refractivity contribution in [2.75, 3.05) is 20.3 Å². The lowest BCUT2D eigenvalue weighted by Crippen LogP contribution is -2.55. The SMILES string of the molecule is CO[C@H]1[C@H](C2(C)OC2CC=C(C)C)[C@]2(CC[C@H]1OC(=O)CN)CO2. The fourth-order valence-electron chi connectivity index (χ4n) is 4.29. The quantitative estimate of drug-likeness (QED) is 0.449. The molecule has 0 radical (unpaired) electrons. The first-order chi connectivity index (χ1) is 11.4. The number of methoxy groups -OCH3 is 1. The molecule has 0 aromatic rings. The second kappa shape index (κ2) is 6.41. The van der Waals surface area contributed by atoms with Crippen molar-refractivity contribution in [3.05, 3.63) is 11.6 Å². The second-order valence-corrected chi connectivity index (χ2v) is 7.61. The van der Waals surface area contributed by atoms with Crippen LogP contribution in [0.1, 0.15) is 40.0 Å². The number of allylic oxidation sites excluding steroid dienone is 1. The molecule has 6 nitrogen and oxygen atoms in total. The largest absolute Gasteiger partial charge is 0.459 e. The number of ether oxygens (including phenoxy) is 4. The molecule has 136 valence electrons. The van der Waals surface area contributed by atoms with Gasteiger partial charge in [-0.1, -0.05) is 11.6 Å². The maximum absolute atomic E-state index is 11.7. The van der Waals surface area contributed by atoms with Gasteiger partial charge in [-0.15, -0.1) is 0 Å². The summed E-state index contributed by atoms with van der Waals surface area (Å²) < 4.78 is 23.3. The van der Waals surface area contributed by atoms with Crippen molar-refractivity contribution in [2.24, 2.45) is 11.7 Å². The zero-order valence-electron chi connectivity index (χ0n) is 15.0. The fraction of sp³-hybridized carbons (Fsp3) is 0.833. The van der Waals surface area contributed by atoms with E-state index in [2.05, 4.69) is 26.8 Å². The molecule has 24 heavy (non-hydrogen) atoms. The van der Waals surface area contributed by atoms with Crippen LogP contribution in [-0.4, -0.2) is 55.7 Å². The van der Waals surface area contributed by atoms with Gasteiger partial charge in [0.15, 0.2) is 0 Å². The maximum Gasteiger partial charge on any atom is 0.320 e. The predicted octanol–water partition coefficient (Wildman–Crippen LogP) is 1.56. The van der Waals surface area contributed by atoms with Gasteiger partial charge in [0.1, 0.15) is 23.4 Å². The summed E-state index contributed by atoms with van der Waals surface area (Å²) in [5.41, 5.74) is 6.18. The van der Waals surface area contributed by atoms with Crippen molar-refractivity contribution >= 4 is 5.97 Å². The number of nitrogens with two attached hydrogens (primary N) is 1. The Bertz CT molecular complexity index is 526. The van der Waals surface area contributed by atoms with Crippen molar-refractivity contribution in [1.82, 2.24) is 0 Å². The van der Waals surface area contributed by atoms with Crippen LogP contribution >= 0.6 is 0 Å². The van der Waals surface area contributed by atoms with E-state index in [4.69, 9.17) is 24.7 Å². The van der Waals surface area contributed by atoms with Gasteiger partial charge < -0.3 is 24.7 Å². The Morgan fingerprint density at radius 1 is 1.42 bits per heavy atom. The molecule has 3 rings (SSSR count). The van der Waals surface area contributed by atoms with Crippen molar-refractivity contribution in [1.29, 1.82) is 0 Å². The van der Waals surface area contributed by atoms with Crippen LogP contribution in [0.15, 0.2) is 11.6 Å². The van der Waals surface area contributed by atoms with Crippen LogP contribution in [0.3, 0.4) is 0 Å². The first-order valence-corrected chi connectivity index (χ1v) is 8.74. The number of hydrogen-bond donors (Lipinski definition) is 1. The lowest BCUT2D eigenvalue weighted by Gasteiger charge is -2.42. The summed E-state index contributed by atoms with van der Waals surface area (Å²) in [5.74, 6) is -0.341. The molecule has 1 aliphatic carbocycles. The zero-order valence-corrected chi connectivity index (χ0v) is 15.0. The average Bonchev–Trinajstić information content (AvgIpc) is 3.45. The molecule has 6 heteroatoms. The van der Waals surface area contributed by atoms with Gasteiger partial charge in [-0.05, 0) is 40.0 Å². The Hall–Kier alpha value is -0.950. The van der Waals surface area contributed by atoms with E-state index in [0.717, 1.165) is 25.9 Å². The molecule has 1 saturated carbocycles. The molecule has 0 aromatic heterocycles. The smallest absolute Gasteiger partial charge is 0.320 e. The Labute approximate surface area is 143 Å². The van der Waals surface area contributed by atoms with Gasteiger partial charge in [-0.2, -0.15) is 0 Å². The van der Waals surface area contributed by atoms with Gasteiger partial charge in [-0.3, -0.25) is 4.79 Å². The third-order valence-corrected chi connectivity index (χ3v) is 5.69. The highest BCUT2D eigenvalue weighted by atomic mass is 16.6. The molecule has 2 N–H and O–H groups in total. The first kappa shape index (κ1) is 17.9. The maximum atomic E-state index is 11.7. The monoisotopic (exact) mass is 339 g/mol. The Balaban J connectivity index is 1.78. The molecular weight excluding hydrogens is 310 g/mol. The molecule has 3 aliphatic rings. The van der Waals surface area contributed by atoms with Crippen molar-refractivity contribution < 1.29 is 23.7 Å². The molecule has 0 bridgehead atoms. The van der Waals surface area contributed by atoms with E-state index in [1.165, 1.54) is 5.57 Å². The summed E-state index contributed by atoms with van der Waals surface area (Å²) in [7, 11) is 1.67. The minimum atomic E-state index is -0.392. The summed E-state index contributed by atoms with van der Waals surface area (Å²) in [6.07, 6.45) is 4.29. The van der Waals surface area contributed by atoms with Gasteiger partial charge in [0.2, 0.25) is 0 Å². The summed E-state index contributed by atoms with van der Waals surface area (Å²) in [4.78, 5) is 11.7. The number of rotatable bonds is 6. The number of esters is 1. The Morgan fingerprint density at radius 2 is 2.12 bits per heavy atom. The van der Waals surface area contributed by atoms with E-state index in [1.54, 1.807) is 7.11 Å². The molecule has 0 aromatic carbocycles. The van der Waals surface area contributed by atoms with E-state index in [-0.39, 0.29) is 42.0 Å². The second-order valence-electron chi connectivity index (χ2n) is 7.61. The van der Waals surface area contributed by atoms with E-state index >= 15 is 0 Å². The lowest BCUT2D eigenvalue weighted by molar-refractivity contribution is -0.170. The Kier molecular flexibility index (Phi) is 4.77. The number of epoxide rings is 2. The topological polar surface area (TPSA) is 86.6 Å². The summed E-state index contributed by atoms with van der Waals surface area (Å²) in [6, 6.07) is 0. The number of hydrogen-bond acceptors (Lipinski definition) is 6.